The van der Waals surface area contributed by atoms with Crippen molar-refractivity contribution in [3.8, 4) is 0 Å². The maximum absolute atomic E-state index is 13.5. The second-order valence-corrected chi connectivity index (χ2v) is 4.68. The summed E-state index contributed by atoms with van der Waals surface area (Å²) in [4.78, 5) is 2.02. The summed E-state index contributed by atoms with van der Waals surface area (Å²) in [5.74, 6) is -0.935. The molecule has 0 unspecified atom stereocenters. The molecule has 0 aliphatic heterocycles. The van der Waals surface area contributed by atoms with E-state index in [-0.39, 0.29) is 5.56 Å². The van der Waals surface area contributed by atoms with Crippen LogP contribution in [0, 0.1) is 11.6 Å². The van der Waals surface area contributed by atoms with Crippen molar-refractivity contribution < 1.29 is 8.78 Å². The van der Waals surface area contributed by atoms with Gasteiger partial charge in [0.25, 0.3) is 0 Å². The third-order valence-electron chi connectivity index (χ3n) is 2.87. The fraction of sp³-hybridized carbons (Fsp3) is 0.571. The fourth-order valence-electron chi connectivity index (χ4n) is 1.77. The molecule has 1 aromatic rings. The summed E-state index contributed by atoms with van der Waals surface area (Å²) in [6.07, 6.45) is 0. The van der Waals surface area contributed by atoms with Gasteiger partial charge in [0.1, 0.15) is 11.6 Å². The average Bonchev–Trinajstić information content (AvgIpc) is 2.31. The van der Waals surface area contributed by atoms with Crippen molar-refractivity contribution in [2.75, 3.05) is 19.6 Å². The van der Waals surface area contributed by atoms with Crippen LogP contribution in [0.5, 0.6) is 0 Å². The maximum Gasteiger partial charge on any atom is 0.130 e. The number of hydrogen-bond acceptors (Lipinski definition) is 2. The first-order chi connectivity index (χ1) is 8.54. The number of halogens is 2. The van der Waals surface area contributed by atoms with E-state index in [1.54, 1.807) is 0 Å². The molecule has 0 aliphatic carbocycles. The predicted octanol–water partition coefficient (Wildman–Crippen LogP) is 2.78. The van der Waals surface area contributed by atoms with Gasteiger partial charge in [0.15, 0.2) is 0 Å². The van der Waals surface area contributed by atoms with Crippen molar-refractivity contribution in [2.24, 2.45) is 0 Å². The van der Waals surface area contributed by atoms with E-state index in [2.05, 4.69) is 19.2 Å². The van der Waals surface area contributed by atoms with Crippen LogP contribution in [-0.2, 0) is 6.54 Å². The Morgan fingerprint density at radius 1 is 1.22 bits per heavy atom. The van der Waals surface area contributed by atoms with E-state index in [1.165, 1.54) is 18.2 Å². The molecule has 102 valence electrons. The molecule has 0 saturated heterocycles. The largest absolute Gasteiger partial charge is 0.313 e. The van der Waals surface area contributed by atoms with E-state index in [1.807, 2.05) is 11.8 Å². The van der Waals surface area contributed by atoms with Crippen molar-refractivity contribution in [2.45, 2.75) is 33.4 Å². The number of likely N-dealkylation sites (N-methyl/N-ethyl adjacent to an activating group) is 1. The number of hydrogen-bond donors (Lipinski definition) is 1. The van der Waals surface area contributed by atoms with Crippen LogP contribution in [0.2, 0.25) is 0 Å². The van der Waals surface area contributed by atoms with Crippen LogP contribution >= 0.6 is 0 Å². The quantitative estimate of drug-likeness (QED) is 0.807. The van der Waals surface area contributed by atoms with Crippen molar-refractivity contribution in [3.63, 3.8) is 0 Å². The number of nitrogens with one attached hydrogen (secondary N) is 1. The summed E-state index contributed by atoms with van der Waals surface area (Å²) in [6, 6.07) is 4.43. The maximum atomic E-state index is 13.5. The highest BCUT2D eigenvalue weighted by Crippen LogP contribution is 2.14. The van der Waals surface area contributed by atoms with Gasteiger partial charge in [-0.3, -0.25) is 4.90 Å². The lowest BCUT2D eigenvalue weighted by Crippen LogP contribution is -2.34. The van der Waals surface area contributed by atoms with Crippen LogP contribution in [-0.4, -0.2) is 30.6 Å². The van der Waals surface area contributed by atoms with Crippen molar-refractivity contribution >= 4 is 0 Å². The highest BCUT2D eigenvalue weighted by Gasteiger charge is 2.12. The summed E-state index contributed by atoms with van der Waals surface area (Å²) in [5, 5.41) is 3.30. The Labute approximate surface area is 108 Å². The Morgan fingerprint density at radius 2 is 1.83 bits per heavy atom. The molecule has 0 aromatic heterocycles. The Balaban J connectivity index is 2.57. The first-order valence-corrected chi connectivity index (χ1v) is 6.43. The van der Waals surface area contributed by atoms with Crippen LogP contribution in [0.1, 0.15) is 26.3 Å². The van der Waals surface area contributed by atoms with E-state index in [0.717, 1.165) is 19.6 Å². The summed E-state index contributed by atoms with van der Waals surface area (Å²) in [6.45, 7) is 8.83. The molecule has 0 bridgehead atoms. The molecule has 4 heteroatoms. The van der Waals surface area contributed by atoms with E-state index >= 15 is 0 Å². The minimum absolute atomic E-state index is 0.156. The van der Waals surface area contributed by atoms with Crippen molar-refractivity contribution in [1.29, 1.82) is 0 Å². The lowest BCUT2D eigenvalue weighted by atomic mass is 10.2. The summed E-state index contributed by atoms with van der Waals surface area (Å²) in [7, 11) is 0. The Hall–Kier alpha value is -1.00. The Morgan fingerprint density at radius 3 is 2.33 bits per heavy atom. The molecule has 0 fully saturated rings. The fourth-order valence-corrected chi connectivity index (χ4v) is 1.77. The van der Waals surface area contributed by atoms with Crippen LogP contribution in [0.4, 0.5) is 8.78 Å². The molecular weight excluding hydrogens is 234 g/mol. The topological polar surface area (TPSA) is 15.3 Å². The van der Waals surface area contributed by atoms with E-state index in [0.29, 0.717) is 12.6 Å². The zero-order chi connectivity index (χ0) is 13.5. The standard InChI is InChI=1S/C14H22F2N2/c1-4-18(9-8-17-11(2)3)10-12-13(15)6-5-7-14(12)16/h5-7,11,17H,4,8-10H2,1-3H3. The minimum atomic E-state index is -0.467. The van der Waals surface area contributed by atoms with Gasteiger partial charge in [-0.15, -0.1) is 0 Å². The second kappa shape index (κ2) is 7.44. The van der Waals surface area contributed by atoms with Crippen molar-refractivity contribution in [3.05, 3.63) is 35.4 Å². The SMILES string of the molecule is CCN(CCNC(C)C)Cc1c(F)cccc1F. The Bertz CT molecular complexity index is 347. The molecule has 0 atom stereocenters. The van der Waals surface area contributed by atoms with Crippen LogP contribution < -0.4 is 5.32 Å². The molecule has 1 aromatic carbocycles. The molecule has 0 heterocycles. The summed E-state index contributed by atoms with van der Waals surface area (Å²) < 4.78 is 27.0. The smallest absolute Gasteiger partial charge is 0.130 e. The van der Waals surface area contributed by atoms with Gasteiger partial charge in [-0.1, -0.05) is 26.8 Å². The van der Waals surface area contributed by atoms with Gasteiger partial charge in [-0.2, -0.15) is 0 Å². The van der Waals surface area contributed by atoms with Gasteiger partial charge in [-0.25, -0.2) is 8.78 Å². The number of nitrogens with zero attached hydrogens (tertiary/aromatic N) is 1. The Kier molecular flexibility index (Phi) is 6.22. The zero-order valence-corrected chi connectivity index (χ0v) is 11.3. The highest BCUT2D eigenvalue weighted by atomic mass is 19.1. The molecular formula is C14H22F2N2. The van der Waals surface area contributed by atoms with Crippen LogP contribution in [0.15, 0.2) is 18.2 Å². The average molecular weight is 256 g/mol. The molecule has 0 aliphatic rings. The molecule has 18 heavy (non-hydrogen) atoms. The minimum Gasteiger partial charge on any atom is -0.313 e. The molecule has 0 saturated carbocycles. The summed E-state index contributed by atoms with van der Waals surface area (Å²) in [5.41, 5.74) is 0.156. The molecule has 1 rings (SSSR count). The van der Waals surface area contributed by atoms with Crippen LogP contribution in [0.3, 0.4) is 0 Å². The van der Waals surface area contributed by atoms with Gasteiger partial charge >= 0.3 is 0 Å². The molecule has 1 N–H and O–H groups in total. The number of benzene rings is 1. The van der Waals surface area contributed by atoms with Gasteiger partial charge in [0.2, 0.25) is 0 Å². The first-order valence-electron chi connectivity index (χ1n) is 6.43. The second-order valence-electron chi connectivity index (χ2n) is 4.68. The molecule has 0 radical (unpaired) electrons. The van der Waals surface area contributed by atoms with E-state index in [4.69, 9.17) is 0 Å². The molecule has 2 nitrogen and oxygen atoms in total. The van der Waals surface area contributed by atoms with Gasteiger partial charge in [0, 0.05) is 31.2 Å². The van der Waals surface area contributed by atoms with Gasteiger partial charge < -0.3 is 5.32 Å². The predicted molar refractivity (Wildman–Crippen MR) is 70.4 cm³/mol. The lowest BCUT2D eigenvalue weighted by Gasteiger charge is -2.22. The van der Waals surface area contributed by atoms with Crippen molar-refractivity contribution in [1.82, 2.24) is 10.2 Å². The third kappa shape index (κ3) is 4.70. The number of rotatable bonds is 7. The van der Waals surface area contributed by atoms with Gasteiger partial charge in [0.05, 0.1) is 0 Å². The van der Waals surface area contributed by atoms with Crippen LogP contribution in [0.25, 0.3) is 0 Å². The summed E-state index contributed by atoms with van der Waals surface area (Å²) >= 11 is 0. The normalized spacial score (nSPS) is 11.5. The third-order valence-corrected chi connectivity index (χ3v) is 2.87. The lowest BCUT2D eigenvalue weighted by molar-refractivity contribution is 0.268. The van der Waals surface area contributed by atoms with E-state index < -0.39 is 11.6 Å². The highest BCUT2D eigenvalue weighted by molar-refractivity contribution is 5.19. The molecule has 0 spiro atoms. The monoisotopic (exact) mass is 256 g/mol. The zero-order valence-electron chi connectivity index (χ0n) is 11.3. The molecule has 0 amide bonds. The first kappa shape index (κ1) is 15.1. The van der Waals surface area contributed by atoms with Gasteiger partial charge in [-0.05, 0) is 18.7 Å². The van der Waals surface area contributed by atoms with E-state index in [9.17, 15) is 8.78 Å².